The molecule has 1 saturated heterocycles. The molecule has 1 aliphatic rings. The van der Waals surface area contributed by atoms with E-state index in [0.29, 0.717) is 37.7 Å². The first-order valence-electron chi connectivity index (χ1n) is 7.75. The second kappa shape index (κ2) is 6.74. The molecule has 1 aromatic heterocycles. The summed E-state index contributed by atoms with van der Waals surface area (Å²) in [6.45, 7) is 1.01. The second-order valence-corrected chi connectivity index (χ2v) is 7.83. The van der Waals surface area contributed by atoms with E-state index in [1.54, 1.807) is 6.20 Å². The molecule has 0 amide bonds. The average molecular weight is 346 g/mol. The number of nitrogen functional groups attached to an aromatic ring is 1. The highest BCUT2D eigenvalue weighted by molar-refractivity contribution is 7.88. The van der Waals surface area contributed by atoms with E-state index < -0.39 is 10.0 Å². The van der Waals surface area contributed by atoms with Crippen LogP contribution in [0.1, 0.15) is 12.8 Å². The quantitative estimate of drug-likeness (QED) is 0.867. The van der Waals surface area contributed by atoms with Gasteiger partial charge in [-0.05, 0) is 24.5 Å². The van der Waals surface area contributed by atoms with Crippen molar-refractivity contribution in [1.82, 2.24) is 14.3 Å². The molecule has 3 N–H and O–H groups in total. The number of hydrogen-bond donors (Lipinski definition) is 2. The van der Waals surface area contributed by atoms with Crippen molar-refractivity contribution in [3.63, 3.8) is 0 Å². The number of nitrogens with zero attached hydrogens (tertiary/aromatic N) is 3. The van der Waals surface area contributed by atoms with Gasteiger partial charge in [0.25, 0.3) is 0 Å². The third kappa shape index (κ3) is 3.82. The highest BCUT2D eigenvalue weighted by Gasteiger charge is 2.25. The third-order valence-corrected chi connectivity index (χ3v) is 5.38. The lowest BCUT2D eigenvalue weighted by molar-refractivity contribution is 0.331. The minimum Gasteiger partial charge on any atom is -0.383 e. The van der Waals surface area contributed by atoms with Crippen LogP contribution in [0.5, 0.6) is 0 Å². The molecule has 8 heteroatoms. The van der Waals surface area contributed by atoms with Gasteiger partial charge in [0.1, 0.15) is 5.82 Å². The van der Waals surface area contributed by atoms with Crippen LogP contribution in [0.4, 0.5) is 11.8 Å². The molecular weight excluding hydrogens is 326 g/mol. The van der Waals surface area contributed by atoms with Crippen LogP contribution in [0, 0.1) is 6.07 Å². The van der Waals surface area contributed by atoms with Crippen molar-refractivity contribution in [2.45, 2.75) is 18.9 Å². The molecule has 1 radical (unpaired) electrons. The first kappa shape index (κ1) is 16.7. The summed E-state index contributed by atoms with van der Waals surface area (Å²) in [5, 5.41) is 3.24. The Kier molecular flexibility index (Phi) is 4.68. The monoisotopic (exact) mass is 346 g/mol. The first-order valence-corrected chi connectivity index (χ1v) is 9.59. The summed E-state index contributed by atoms with van der Waals surface area (Å²) in [7, 11) is -3.11. The van der Waals surface area contributed by atoms with Gasteiger partial charge in [0.15, 0.2) is 0 Å². The summed E-state index contributed by atoms with van der Waals surface area (Å²) in [4.78, 5) is 8.64. The number of sulfonamides is 1. The van der Waals surface area contributed by atoms with Gasteiger partial charge in [-0.1, -0.05) is 24.3 Å². The van der Waals surface area contributed by atoms with Gasteiger partial charge >= 0.3 is 0 Å². The van der Waals surface area contributed by atoms with Crippen LogP contribution in [-0.4, -0.2) is 48.1 Å². The van der Waals surface area contributed by atoms with Crippen molar-refractivity contribution in [3.8, 4) is 11.1 Å². The molecule has 2 heterocycles. The Morgan fingerprint density at radius 3 is 2.67 bits per heavy atom. The topological polar surface area (TPSA) is 101 Å². The number of nitrogens with two attached hydrogens (primary N) is 1. The molecule has 1 fully saturated rings. The van der Waals surface area contributed by atoms with Gasteiger partial charge in [0.2, 0.25) is 16.0 Å². The van der Waals surface area contributed by atoms with Crippen molar-refractivity contribution in [3.05, 3.63) is 36.5 Å². The summed E-state index contributed by atoms with van der Waals surface area (Å²) in [5.41, 5.74) is 7.63. The number of benzene rings is 1. The van der Waals surface area contributed by atoms with Gasteiger partial charge in [0, 0.05) is 30.9 Å². The Bertz CT molecular complexity index is 802. The van der Waals surface area contributed by atoms with Crippen LogP contribution in [-0.2, 0) is 10.0 Å². The van der Waals surface area contributed by atoms with E-state index in [9.17, 15) is 8.42 Å². The lowest BCUT2D eigenvalue weighted by Crippen LogP contribution is -2.42. The van der Waals surface area contributed by atoms with E-state index in [1.165, 1.54) is 10.6 Å². The van der Waals surface area contributed by atoms with E-state index in [1.807, 2.05) is 24.3 Å². The lowest BCUT2D eigenvalue weighted by atomic mass is 10.1. The van der Waals surface area contributed by atoms with E-state index in [2.05, 4.69) is 21.4 Å². The Morgan fingerprint density at radius 1 is 1.33 bits per heavy atom. The van der Waals surface area contributed by atoms with Crippen LogP contribution in [0.2, 0.25) is 0 Å². The SMILES string of the molecule is CS(=O)(=O)N1CCC(Nc2ncc(-c3[c]cccc3)c(N)n2)CC1. The summed E-state index contributed by atoms with van der Waals surface area (Å²) < 4.78 is 24.6. The molecule has 1 aliphatic heterocycles. The van der Waals surface area contributed by atoms with Crippen molar-refractivity contribution in [2.24, 2.45) is 0 Å². The van der Waals surface area contributed by atoms with Gasteiger partial charge in [-0.25, -0.2) is 17.7 Å². The fourth-order valence-electron chi connectivity index (χ4n) is 2.75. The number of aromatic nitrogens is 2. The van der Waals surface area contributed by atoms with Gasteiger partial charge in [0.05, 0.1) is 6.26 Å². The smallest absolute Gasteiger partial charge is 0.224 e. The normalized spacial score (nSPS) is 16.9. The zero-order valence-corrected chi connectivity index (χ0v) is 14.3. The Labute approximate surface area is 142 Å². The van der Waals surface area contributed by atoms with Crippen LogP contribution in [0.3, 0.4) is 0 Å². The average Bonchev–Trinajstić information content (AvgIpc) is 2.55. The number of piperidine rings is 1. The molecule has 24 heavy (non-hydrogen) atoms. The standard InChI is InChI=1S/C16H20N5O2S/c1-24(22,23)21-9-7-13(8-10-21)19-16-18-11-14(15(17)20-16)12-5-3-2-4-6-12/h2-5,11,13H,7-10H2,1H3,(H3,17,18,19,20). The summed E-state index contributed by atoms with van der Waals surface area (Å²) in [6.07, 6.45) is 4.35. The van der Waals surface area contributed by atoms with Crippen LogP contribution in [0.15, 0.2) is 30.5 Å². The molecule has 1 aromatic carbocycles. The molecule has 7 nitrogen and oxygen atoms in total. The van der Waals surface area contributed by atoms with E-state index in [-0.39, 0.29) is 6.04 Å². The predicted molar refractivity (Wildman–Crippen MR) is 93.8 cm³/mol. The predicted octanol–water partition coefficient (Wildman–Crippen LogP) is 1.36. The zero-order valence-electron chi connectivity index (χ0n) is 13.4. The van der Waals surface area contributed by atoms with Crippen LogP contribution >= 0.6 is 0 Å². The molecule has 127 valence electrons. The fourth-order valence-corrected chi connectivity index (χ4v) is 3.62. The number of anilines is 2. The van der Waals surface area contributed by atoms with E-state index in [4.69, 9.17) is 5.73 Å². The maximum absolute atomic E-state index is 11.5. The van der Waals surface area contributed by atoms with Crippen molar-refractivity contribution >= 4 is 21.8 Å². The van der Waals surface area contributed by atoms with Gasteiger partial charge < -0.3 is 11.1 Å². The molecule has 3 rings (SSSR count). The van der Waals surface area contributed by atoms with Crippen molar-refractivity contribution in [2.75, 3.05) is 30.4 Å². The Morgan fingerprint density at radius 2 is 2.08 bits per heavy atom. The number of hydrogen-bond acceptors (Lipinski definition) is 6. The van der Waals surface area contributed by atoms with Gasteiger partial charge in [-0.3, -0.25) is 0 Å². The molecule has 0 atom stereocenters. The molecule has 0 bridgehead atoms. The number of rotatable bonds is 4. The molecule has 0 aliphatic carbocycles. The molecule has 0 saturated carbocycles. The molecule has 0 spiro atoms. The van der Waals surface area contributed by atoms with Crippen LogP contribution in [0.25, 0.3) is 11.1 Å². The minimum atomic E-state index is -3.11. The summed E-state index contributed by atoms with van der Waals surface area (Å²) >= 11 is 0. The third-order valence-electron chi connectivity index (χ3n) is 4.07. The summed E-state index contributed by atoms with van der Waals surface area (Å²) in [5.74, 6) is 0.855. The molecule has 2 aromatic rings. The Balaban J connectivity index is 1.66. The van der Waals surface area contributed by atoms with Gasteiger partial charge in [-0.2, -0.15) is 4.98 Å². The zero-order chi connectivity index (χ0) is 17.2. The fraction of sp³-hybridized carbons (Fsp3) is 0.375. The highest BCUT2D eigenvalue weighted by atomic mass is 32.2. The lowest BCUT2D eigenvalue weighted by Gasteiger charge is -2.30. The van der Waals surface area contributed by atoms with Gasteiger partial charge in [-0.15, -0.1) is 0 Å². The van der Waals surface area contributed by atoms with E-state index >= 15 is 0 Å². The van der Waals surface area contributed by atoms with E-state index in [0.717, 1.165) is 11.1 Å². The molecule has 0 unspecified atom stereocenters. The summed E-state index contributed by atoms with van der Waals surface area (Å²) in [6, 6.07) is 10.8. The molecular formula is C16H20N5O2S. The first-order chi connectivity index (χ1) is 11.4. The largest absolute Gasteiger partial charge is 0.383 e. The maximum Gasteiger partial charge on any atom is 0.224 e. The van der Waals surface area contributed by atoms with Crippen molar-refractivity contribution in [1.29, 1.82) is 0 Å². The van der Waals surface area contributed by atoms with Crippen LogP contribution < -0.4 is 11.1 Å². The second-order valence-electron chi connectivity index (χ2n) is 5.85. The Hall–Kier alpha value is -2.19. The minimum absolute atomic E-state index is 0.136. The maximum atomic E-state index is 11.5. The number of nitrogens with one attached hydrogen (secondary N) is 1. The highest BCUT2D eigenvalue weighted by Crippen LogP contribution is 2.24. The van der Waals surface area contributed by atoms with Crippen molar-refractivity contribution < 1.29 is 8.42 Å².